The van der Waals surface area contributed by atoms with Crippen molar-refractivity contribution < 1.29 is 9.59 Å². The first kappa shape index (κ1) is 21.3. The number of pyridine rings is 1. The SMILES string of the molecule is CC(C)(C)[C@H](N)C(=O)N1CC2(CC2)C[C@H]1C(=O)NC(C#N)c1cncc2ccccc12. The molecule has 0 radical (unpaired) electrons. The minimum Gasteiger partial charge on any atom is -0.335 e. The van der Waals surface area contributed by atoms with Gasteiger partial charge >= 0.3 is 0 Å². The Hall–Kier alpha value is -2.98. The number of hydrogen-bond acceptors (Lipinski definition) is 5. The molecule has 2 heterocycles. The monoisotopic (exact) mass is 419 g/mol. The zero-order valence-corrected chi connectivity index (χ0v) is 18.3. The quantitative estimate of drug-likeness (QED) is 0.791. The van der Waals surface area contributed by atoms with Crippen molar-refractivity contribution in [3.8, 4) is 6.07 Å². The molecule has 7 heteroatoms. The molecule has 3 N–H and O–H groups in total. The van der Waals surface area contributed by atoms with Gasteiger partial charge in [0.15, 0.2) is 0 Å². The highest BCUT2D eigenvalue weighted by atomic mass is 16.2. The van der Waals surface area contributed by atoms with E-state index in [1.165, 1.54) is 0 Å². The van der Waals surface area contributed by atoms with E-state index in [9.17, 15) is 14.9 Å². The minimum atomic E-state index is -0.852. The fourth-order valence-electron chi connectivity index (χ4n) is 4.40. The molecular weight excluding hydrogens is 390 g/mol. The summed E-state index contributed by atoms with van der Waals surface area (Å²) in [5.74, 6) is -0.505. The molecule has 3 atom stereocenters. The maximum atomic E-state index is 13.3. The zero-order chi connectivity index (χ0) is 22.4. The molecule has 4 rings (SSSR count). The summed E-state index contributed by atoms with van der Waals surface area (Å²) >= 11 is 0. The number of carbonyl (C=O) groups excluding carboxylic acids is 2. The van der Waals surface area contributed by atoms with E-state index < -0.39 is 23.5 Å². The van der Waals surface area contributed by atoms with E-state index in [1.807, 2.05) is 45.0 Å². The molecule has 162 valence electrons. The Morgan fingerprint density at radius 3 is 2.65 bits per heavy atom. The Kier molecular flexibility index (Phi) is 5.22. The van der Waals surface area contributed by atoms with Crippen LogP contribution in [0.3, 0.4) is 0 Å². The lowest BCUT2D eigenvalue weighted by Crippen LogP contribution is -2.55. The van der Waals surface area contributed by atoms with Crippen LogP contribution in [-0.4, -0.2) is 40.3 Å². The van der Waals surface area contributed by atoms with Crippen LogP contribution in [0, 0.1) is 22.2 Å². The molecule has 1 unspecified atom stereocenters. The zero-order valence-electron chi connectivity index (χ0n) is 18.3. The van der Waals surface area contributed by atoms with E-state index in [2.05, 4.69) is 16.4 Å². The van der Waals surface area contributed by atoms with Gasteiger partial charge in [-0.15, -0.1) is 0 Å². The van der Waals surface area contributed by atoms with E-state index in [4.69, 9.17) is 5.73 Å². The largest absolute Gasteiger partial charge is 0.335 e. The Balaban J connectivity index is 1.58. The summed E-state index contributed by atoms with van der Waals surface area (Å²) in [6.45, 7) is 6.33. The number of nitrogens with two attached hydrogens (primary N) is 1. The second-order valence-electron chi connectivity index (χ2n) is 10.1. The van der Waals surface area contributed by atoms with Gasteiger partial charge in [0, 0.05) is 29.9 Å². The fraction of sp³-hybridized carbons (Fsp3) is 0.500. The number of rotatable bonds is 4. The van der Waals surface area contributed by atoms with E-state index >= 15 is 0 Å². The number of nitriles is 1. The molecule has 1 aliphatic heterocycles. The van der Waals surface area contributed by atoms with Gasteiger partial charge in [-0.25, -0.2) is 0 Å². The highest BCUT2D eigenvalue weighted by Gasteiger charge is 2.56. The van der Waals surface area contributed by atoms with Crippen molar-refractivity contribution in [2.45, 2.75) is 58.2 Å². The Morgan fingerprint density at radius 2 is 2.00 bits per heavy atom. The molecule has 1 aliphatic carbocycles. The van der Waals surface area contributed by atoms with E-state index in [0.717, 1.165) is 23.6 Å². The molecule has 7 nitrogen and oxygen atoms in total. The highest BCUT2D eigenvalue weighted by molar-refractivity contribution is 5.92. The molecule has 1 saturated carbocycles. The van der Waals surface area contributed by atoms with Crippen molar-refractivity contribution in [1.82, 2.24) is 15.2 Å². The highest BCUT2D eigenvalue weighted by Crippen LogP contribution is 2.55. The van der Waals surface area contributed by atoms with Crippen LogP contribution in [0.15, 0.2) is 36.7 Å². The van der Waals surface area contributed by atoms with Crippen molar-refractivity contribution in [2.75, 3.05) is 6.54 Å². The average molecular weight is 420 g/mol. The van der Waals surface area contributed by atoms with Gasteiger partial charge in [-0.2, -0.15) is 5.26 Å². The smallest absolute Gasteiger partial charge is 0.244 e. The van der Waals surface area contributed by atoms with Gasteiger partial charge in [0.25, 0.3) is 0 Å². The Morgan fingerprint density at radius 1 is 1.29 bits per heavy atom. The predicted octanol–water partition coefficient (Wildman–Crippen LogP) is 2.67. The summed E-state index contributed by atoms with van der Waals surface area (Å²) in [6, 6.07) is 7.67. The van der Waals surface area contributed by atoms with Crippen molar-refractivity contribution in [2.24, 2.45) is 16.6 Å². The summed E-state index contributed by atoms with van der Waals surface area (Å²) in [6.07, 6.45) is 6.00. The van der Waals surface area contributed by atoms with Gasteiger partial charge < -0.3 is 16.0 Å². The van der Waals surface area contributed by atoms with Crippen molar-refractivity contribution in [3.05, 3.63) is 42.2 Å². The third-order valence-corrected chi connectivity index (χ3v) is 6.68. The van der Waals surface area contributed by atoms with E-state index in [0.29, 0.717) is 18.5 Å². The Bertz CT molecular complexity index is 1060. The van der Waals surface area contributed by atoms with E-state index in [-0.39, 0.29) is 17.2 Å². The number of carbonyl (C=O) groups is 2. The maximum absolute atomic E-state index is 13.3. The lowest BCUT2D eigenvalue weighted by atomic mass is 9.86. The number of aromatic nitrogens is 1. The molecule has 1 spiro atoms. The Labute approximate surface area is 182 Å². The first-order valence-corrected chi connectivity index (χ1v) is 10.7. The normalized spacial score (nSPS) is 21.5. The van der Waals surface area contributed by atoms with Crippen LogP contribution in [0.2, 0.25) is 0 Å². The first-order chi connectivity index (χ1) is 14.6. The molecule has 1 aromatic heterocycles. The summed E-state index contributed by atoms with van der Waals surface area (Å²) in [4.78, 5) is 32.4. The van der Waals surface area contributed by atoms with Crippen molar-refractivity contribution in [1.29, 1.82) is 5.26 Å². The van der Waals surface area contributed by atoms with Crippen LogP contribution in [0.1, 0.15) is 51.6 Å². The second kappa shape index (κ2) is 7.61. The number of benzene rings is 1. The topological polar surface area (TPSA) is 112 Å². The van der Waals surface area contributed by atoms with E-state index in [1.54, 1.807) is 17.3 Å². The van der Waals surface area contributed by atoms with Gasteiger partial charge in [0.2, 0.25) is 11.8 Å². The van der Waals surface area contributed by atoms with Crippen LogP contribution in [-0.2, 0) is 9.59 Å². The van der Waals surface area contributed by atoms with Gasteiger partial charge in [0.1, 0.15) is 12.1 Å². The van der Waals surface area contributed by atoms with Crippen molar-refractivity contribution >= 4 is 22.6 Å². The van der Waals surface area contributed by atoms with Gasteiger partial charge in [-0.3, -0.25) is 14.6 Å². The molecule has 1 saturated heterocycles. The number of amides is 2. The number of nitrogens with one attached hydrogen (secondary N) is 1. The van der Waals surface area contributed by atoms with Gasteiger partial charge in [-0.05, 0) is 35.5 Å². The molecule has 2 amide bonds. The summed E-state index contributed by atoms with van der Waals surface area (Å²) in [5, 5.41) is 14.5. The van der Waals surface area contributed by atoms with Crippen molar-refractivity contribution in [3.63, 3.8) is 0 Å². The second-order valence-corrected chi connectivity index (χ2v) is 10.1. The minimum absolute atomic E-state index is 0.0262. The summed E-state index contributed by atoms with van der Waals surface area (Å²) in [5.41, 5.74) is 6.52. The standard InChI is InChI=1S/C24H29N5O2/c1-23(2,3)20(26)22(31)29-14-24(8-9-24)10-19(29)21(30)28-18(11-25)17-13-27-12-15-6-4-5-7-16(15)17/h4-7,12-13,18-20H,8-10,14,26H2,1-3H3,(H,28,30)/t18?,19-,20+/m0/s1. The summed E-state index contributed by atoms with van der Waals surface area (Å²) in [7, 11) is 0. The van der Waals surface area contributed by atoms with Crippen LogP contribution in [0.4, 0.5) is 0 Å². The molecule has 0 bridgehead atoms. The van der Waals surface area contributed by atoms with Crippen LogP contribution in [0.25, 0.3) is 10.8 Å². The lowest BCUT2D eigenvalue weighted by molar-refractivity contribution is -0.141. The maximum Gasteiger partial charge on any atom is 0.244 e. The number of likely N-dealkylation sites (tertiary alicyclic amines) is 1. The number of nitrogens with zero attached hydrogens (tertiary/aromatic N) is 3. The van der Waals surface area contributed by atoms with Crippen LogP contribution < -0.4 is 11.1 Å². The number of hydrogen-bond donors (Lipinski definition) is 2. The molecule has 2 fully saturated rings. The molecule has 2 aliphatic rings. The lowest BCUT2D eigenvalue weighted by Gasteiger charge is -2.33. The summed E-state index contributed by atoms with van der Waals surface area (Å²) < 4.78 is 0. The van der Waals surface area contributed by atoms with Crippen LogP contribution >= 0.6 is 0 Å². The molecule has 31 heavy (non-hydrogen) atoms. The van der Waals surface area contributed by atoms with Gasteiger partial charge in [-0.1, -0.05) is 45.0 Å². The molecule has 2 aromatic rings. The molecular formula is C24H29N5O2. The third-order valence-electron chi connectivity index (χ3n) is 6.68. The average Bonchev–Trinajstić information content (AvgIpc) is 3.39. The third kappa shape index (κ3) is 4.00. The van der Waals surface area contributed by atoms with Crippen LogP contribution in [0.5, 0.6) is 0 Å². The first-order valence-electron chi connectivity index (χ1n) is 10.7. The predicted molar refractivity (Wildman–Crippen MR) is 117 cm³/mol. The number of fused-ring (bicyclic) bond motifs is 1. The molecule has 1 aromatic carbocycles. The fourth-order valence-corrected chi connectivity index (χ4v) is 4.40. The van der Waals surface area contributed by atoms with Gasteiger partial charge in [0.05, 0.1) is 12.1 Å².